The van der Waals surface area contributed by atoms with E-state index in [2.05, 4.69) is 12.6 Å². The summed E-state index contributed by atoms with van der Waals surface area (Å²) in [6.45, 7) is 5.31. The molecule has 0 bridgehead atoms. The Labute approximate surface area is 150 Å². The Bertz CT molecular complexity index is 120. The fraction of sp³-hybridized carbons (Fsp3) is 1.00. The minimum atomic E-state index is -0.377. The summed E-state index contributed by atoms with van der Waals surface area (Å²) in [6, 6.07) is 0. The van der Waals surface area contributed by atoms with Crippen molar-refractivity contribution in [2.75, 3.05) is 38.1 Å². The third-order valence-corrected chi connectivity index (χ3v) is 1.51. The smallest absolute Gasteiger partial charge is 0.813 e. The largest absolute Gasteiger partial charge is 1.00 e. The average Bonchev–Trinajstić information content (AvgIpc) is 2.18. The molecule has 0 heterocycles. The fourth-order valence-corrected chi connectivity index (χ4v) is 0.865. The van der Waals surface area contributed by atoms with Crippen LogP contribution in [0.4, 0.5) is 0 Å². The third-order valence-electron chi connectivity index (χ3n) is 1.18. The number of aliphatic hydroxyl groups excluding tert-OH is 2. The zero-order chi connectivity index (χ0) is 12.8. The van der Waals surface area contributed by atoms with Gasteiger partial charge >= 0.3 is 29.6 Å². The summed E-state index contributed by atoms with van der Waals surface area (Å²) >= 11 is 9.19. The van der Waals surface area contributed by atoms with Crippen molar-refractivity contribution >= 4 is 37.7 Å². The van der Waals surface area contributed by atoms with Gasteiger partial charge in [0.15, 0.2) is 0 Å². The topological polar surface area (TPSA) is 58.9 Å². The number of ether oxygens (including phenoxy) is 2. The van der Waals surface area contributed by atoms with E-state index in [0.29, 0.717) is 38.1 Å². The van der Waals surface area contributed by atoms with Crippen molar-refractivity contribution in [2.24, 2.45) is 0 Å². The minimum absolute atomic E-state index is 0. The Morgan fingerprint density at radius 3 is 1.72 bits per heavy atom. The van der Waals surface area contributed by atoms with Gasteiger partial charge in [-0.1, -0.05) is 0 Å². The second-order valence-corrected chi connectivity index (χ2v) is 4.09. The SMILES string of the molecule is CC(O)COCCCl.CC(O)COCCS.[Na+].[SH-]. The normalized spacial score (nSPS) is 12.3. The van der Waals surface area contributed by atoms with E-state index < -0.39 is 0 Å². The molecule has 2 N–H and O–H groups in total. The van der Waals surface area contributed by atoms with E-state index in [9.17, 15) is 0 Å². The van der Waals surface area contributed by atoms with Gasteiger partial charge in [0.25, 0.3) is 0 Å². The van der Waals surface area contributed by atoms with Crippen molar-refractivity contribution in [3.8, 4) is 0 Å². The van der Waals surface area contributed by atoms with Crippen LogP contribution in [0.2, 0.25) is 0 Å². The van der Waals surface area contributed by atoms with Crippen molar-refractivity contribution < 1.29 is 49.2 Å². The van der Waals surface area contributed by atoms with Gasteiger partial charge in [-0.2, -0.15) is 12.6 Å². The van der Waals surface area contributed by atoms with Crippen LogP contribution in [0.3, 0.4) is 0 Å². The molecule has 0 saturated heterocycles. The number of thiol groups is 2. The van der Waals surface area contributed by atoms with Gasteiger partial charge in [0.1, 0.15) is 0 Å². The molecule has 0 aliphatic carbocycles. The molecule has 0 amide bonds. The molecule has 0 rings (SSSR count). The maximum Gasteiger partial charge on any atom is 1.00 e. The van der Waals surface area contributed by atoms with Crippen molar-refractivity contribution in [1.29, 1.82) is 0 Å². The summed E-state index contributed by atoms with van der Waals surface area (Å²) in [5, 5.41) is 17.2. The summed E-state index contributed by atoms with van der Waals surface area (Å²) in [4.78, 5) is 0. The van der Waals surface area contributed by atoms with Crippen LogP contribution >= 0.6 is 24.2 Å². The van der Waals surface area contributed by atoms with E-state index in [4.69, 9.17) is 31.3 Å². The van der Waals surface area contributed by atoms with E-state index in [-0.39, 0.29) is 55.3 Å². The number of hydrogen-bond donors (Lipinski definition) is 3. The Balaban J connectivity index is -0.0000000980. The van der Waals surface area contributed by atoms with Crippen molar-refractivity contribution in [2.45, 2.75) is 26.1 Å². The molecule has 0 aromatic heterocycles. The van der Waals surface area contributed by atoms with E-state index in [1.807, 2.05) is 0 Å². The van der Waals surface area contributed by atoms with E-state index >= 15 is 0 Å². The van der Waals surface area contributed by atoms with Crippen LogP contribution in [-0.2, 0) is 23.0 Å². The van der Waals surface area contributed by atoms with Gasteiger partial charge in [-0.05, 0) is 13.8 Å². The predicted molar refractivity (Wildman–Crippen MR) is 78.3 cm³/mol. The van der Waals surface area contributed by atoms with Crippen molar-refractivity contribution in [3.63, 3.8) is 0 Å². The molecule has 0 aliphatic rings. The monoisotopic (exact) mass is 330 g/mol. The number of alkyl halides is 1. The Morgan fingerprint density at radius 1 is 1.06 bits per heavy atom. The first-order valence-corrected chi connectivity index (χ1v) is 6.39. The first-order chi connectivity index (χ1) is 7.54. The van der Waals surface area contributed by atoms with Gasteiger partial charge in [-0.15, -0.1) is 11.6 Å². The number of halogens is 1. The van der Waals surface area contributed by atoms with Gasteiger partial charge in [-0.25, -0.2) is 0 Å². The Morgan fingerprint density at radius 2 is 1.44 bits per heavy atom. The maximum atomic E-state index is 8.63. The summed E-state index contributed by atoms with van der Waals surface area (Å²) < 4.78 is 9.78. The first kappa shape index (κ1) is 28.1. The summed E-state index contributed by atoms with van der Waals surface area (Å²) in [6.07, 6.45) is -0.729. The molecule has 0 radical (unpaired) electrons. The molecule has 0 aromatic carbocycles. The predicted octanol–water partition coefficient (Wildman–Crippen LogP) is -2.33. The van der Waals surface area contributed by atoms with Crippen LogP contribution in [0.5, 0.6) is 0 Å². The third kappa shape index (κ3) is 36.1. The molecule has 0 aliphatic heterocycles. The van der Waals surface area contributed by atoms with E-state index in [1.165, 1.54) is 0 Å². The van der Waals surface area contributed by atoms with E-state index in [1.54, 1.807) is 13.8 Å². The molecule has 0 spiro atoms. The molecule has 8 heteroatoms. The summed E-state index contributed by atoms with van der Waals surface area (Å²) in [7, 11) is 0. The van der Waals surface area contributed by atoms with Crippen LogP contribution in [-0.4, -0.2) is 60.5 Å². The summed E-state index contributed by atoms with van der Waals surface area (Å²) in [5.74, 6) is 1.21. The van der Waals surface area contributed by atoms with Crippen LogP contribution < -0.4 is 29.6 Å². The number of rotatable bonds is 8. The second-order valence-electron chi connectivity index (χ2n) is 3.26. The Kier molecular flexibility index (Phi) is 37.2. The second kappa shape index (κ2) is 23.9. The van der Waals surface area contributed by atoms with Gasteiger partial charge in [0.2, 0.25) is 0 Å². The molecular weight excluding hydrogens is 307 g/mol. The standard InChI is InChI=1S/C5H11ClO2.C5H12O2S.Na.H2S/c1-5(7)4-8-3-2-6;1-5(6)4-7-2-3-8;;/h5,7H,2-4H2,1H3;5-6,8H,2-4H2,1H3;;1H2/q;;+1;/p-1. The van der Waals surface area contributed by atoms with Crippen LogP contribution in [0.1, 0.15) is 13.8 Å². The van der Waals surface area contributed by atoms with Gasteiger partial charge < -0.3 is 33.2 Å². The van der Waals surface area contributed by atoms with Gasteiger partial charge in [0, 0.05) is 11.6 Å². The molecule has 18 heavy (non-hydrogen) atoms. The molecule has 4 nitrogen and oxygen atoms in total. The molecule has 0 saturated carbocycles. The zero-order valence-corrected chi connectivity index (χ0v) is 15.9. The van der Waals surface area contributed by atoms with Crippen LogP contribution in [0.25, 0.3) is 0 Å². The van der Waals surface area contributed by atoms with Crippen LogP contribution in [0.15, 0.2) is 0 Å². The number of hydrogen-bond acceptors (Lipinski definition) is 6. The fourth-order valence-electron chi connectivity index (χ4n) is 0.627. The maximum absolute atomic E-state index is 8.63. The molecule has 2 unspecified atom stereocenters. The quantitative estimate of drug-likeness (QED) is 0.153. The van der Waals surface area contributed by atoms with Gasteiger partial charge in [-0.3, -0.25) is 0 Å². The summed E-state index contributed by atoms with van der Waals surface area (Å²) in [5.41, 5.74) is 0. The van der Waals surface area contributed by atoms with Gasteiger partial charge in [0.05, 0.1) is 38.6 Å². The average molecular weight is 331 g/mol. The van der Waals surface area contributed by atoms with Crippen molar-refractivity contribution in [1.82, 2.24) is 0 Å². The number of aliphatic hydroxyl groups is 2. The molecule has 0 fully saturated rings. The Hall–Kier alpha value is 1.83. The zero-order valence-electron chi connectivity index (χ0n) is 11.4. The minimum Gasteiger partial charge on any atom is -0.813 e. The molecular formula is C10H24ClNaO4S2. The van der Waals surface area contributed by atoms with Crippen LogP contribution in [0, 0.1) is 0 Å². The first-order valence-electron chi connectivity index (χ1n) is 5.23. The molecule has 2 atom stereocenters. The van der Waals surface area contributed by atoms with Crippen molar-refractivity contribution in [3.05, 3.63) is 0 Å². The molecule has 0 aromatic rings. The van der Waals surface area contributed by atoms with E-state index in [0.717, 1.165) is 0 Å². The molecule has 108 valence electrons.